The molecular weight excluding hydrogens is 210 g/mol. The summed E-state index contributed by atoms with van der Waals surface area (Å²) in [5, 5.41) is 24.6. The van der Waals surface area contributed by atoms with Crippen LogP contribution < -0.4 is 5.32 Å². The Morgan fingerprint density at radius 1 is 1.69 bits per heavy atom. The number of nitrogens with one attached hydrogen (secondary N) is 1. The predicted molar refractivity (Wildman–Crippen MR) is 57.3 cm³/mol. The van der Waals surface area contributed by atoms with Crippen LogP contribution in [0.15, 0.2) is 12.3 Å². The van der Waals surface area contributed by atoms with Gasteiger partial charge in [-0.3, -0.25) is 9.48 Å². The molecule has 0 saturated heterocycles. The standard InChI is InChI=1S/C10H17N3O3/c1-7(9(15)6-14)10(16)11-5-8-3-4-12-13(8)2/h3-4,7,9,14-15H,5-6H2,1-2H3,(H,11,16)/t7-,9+/m1/s1. The highest BCUT2D eigenvalue weighted by Gasteiger charge is 2.20. The molecule has 1 aromatic heterocycles. The molecular formula is C10H17N3O3. The van der Waals surface area contributed by atoms with Crippen molar-refractivity contribution in [1.82, 2.24) is 15.1 Å². The van der Waals surface area contributed by atoms with E-state index in [9.17, 15) is 9.90 Å². The molecule has 0 bridgehead atoms. The molecule has 0 fully saturated rings. The van der Waals surface area contributed by atoms with Gasteiger partial charge >= 0.3 is 0 Å². The summed E-state index contributed by atoms with van der Waals surface area (Å²) in [5.41, 5.74) is 0.874. The summed E-state index contributed by atoms with van der Waals surface area (Å²) >= 11 is 0. The first-order valence-electron chi connectivity index (χ1n) is 5.09. The summed E-state index contributed by atoms with van der Waals surface area (Å²) in [5.74, 6) is -0.916. The topological polar surface area (TPSA) is 87.4 Å². The number of hydrogen-bond donors (Lipinski definition) is 3. The molecule has 1 aromatic rings. The highest BCUT2D eigenvalue weighted by molar-refractivity contribution is 5.78. The Labute approximate surface area is 93.9 Å². The number of carbonyl (C=O) groups excluding carboxylic acids is 1. The third-order valence-electron chi connectivity index (χ3n) is 2.54. The molecule has 2 atom stereocenters. The molecule has 1 amide bonds. The van der Waals surface area contributed by atoms with E-state index >= 15 is 0 Å². The first-order chi connectivity index (χ1) is 7.56. The lowest BCUT2D eigenvalue weighted by molar-refractivity contribution is -0.129. The fourth-order valence-electron chi connectivity index (χ4n) is 1.25. The maximum absolute atomic E-state index is 11.5. The monoisotopic (exact) mass is 227 g/mol. The number of aromatic nitrogens is 2. The van der Waals surface area contributed by atoms with Gasteiger partial charge in [-0.1, -0.05) is 6.92 Å². The summed E-state index contributed by atoms with van der Waals surface area (Å²) < 4.78 is 1.66. The van der Waals surface area contributed by atoms with Gasteiger partial charge in [0.2, 0.25) is 5.91 Å². The van der Waals surface area contributed by atoms with E-state index in [0.29, 0.717) is 6.54 Å². The Balaban J connectivity index is 2.44. The van der Waals surface area contributed by atoms with Gasteiger partial charge in [-0.15, -0.1) is 0 Å². The van der Waals surface area contributed by atoms with Gasteiger partial charge < -0.3 is 15.5 Å². The lowest BCUT2D eigenvalue weighted by Gasteiger charge is -2.16. The van der Waals surface area contributed by atoms with Crippen LogP contribution in [0, 0.1) is 5.92 Å². The van der Waals surface area contributed by atoms with Crippen molar-refractivity contribution >= 4 is 5.91 Å². The number of carbonyl (C=O) groups is 1. The van der Waals surface area contributed by atoms with Crippen LogP contribution in [-0.2, 0) is 18.4 Å². The molecule has 0 radical (unpaired) electrons. The van der Waals surface area contributed by atoms with E-state index in [2.05, 4.69) is 10.4 Å². The molecule has 3 N–H and O–H groups in total. The van der Waals surface area contributed by atoms with Crippen molar-refractivity contribution in [3.05, 3.63) is 18.0 Å². The van der Waals surface area contributed by atoms with Crippen molar-refractivity contribution in [1.29, 1.82) is 0 Å². The summed E-state index contributed by atoms with van der Waals surface area (Å²) in [6, 6.07) is 1.80. The number of aliphatic hydroxyl groups excluding tert-OH is 2. The zero-order valence-electron chi connectivity index (χ0n) is 9.42. The van der Waals surface area contributed by atoms with Gasteiger partial charge in [-0.25, -0.2) is 0 Å². The highest BCUT2D eigenvalue weighted by atomic mass is 16.3. The van der Waals surface area contributed by atoms with Crippen LogP contribution in [0.1, 0.15) is 12.6 Å². The Morgan fingerprint density at radius 2 is 2.38 bits per heavy atom. The average molecular weight is 227 g/mol. The summed E-state index contributed by atoms with van der Waals surface area (Å²) in [6.07, 6.45) is 0.625. The molecule has 16 heavy (non-hydrogen) atoms. The van der Waals surface area contributed by atoms with Crippen molar-refractivity contribution in [2.24, 2.45) is 13.0 Å². The smallest absolute Gasteiger partial charge is 0.225 e. The molecule has 6 nitrogen and oxygen atoms in total. The Morgan fingerprint density at radius 3 is 2.88 bits per heavy atom. The van der Waals surface area contributed by atoms with E-state index in [4.69, 9.17) is 5.11 Å². The van der Waals surface area contributed by atoms with E-state index < -0.39 is 18.6 Å². The van der Waals surface area contributed by atoms with Gasteiger partial charge in [-0.2, -0.15) is 5.10 Å². The number of aliphatic hydroxyl groups is 2. The quantitative estimate of drug-likeness (QED) is 0.603. The van der Waals surface area contributed by atoms with Gasteiger partial charge in [0.1, 0.15) is 0 Å². The summed E-state index contributed by atoms with van der Waals surface area (Å²) in [7, 11) is 1.79. The van der Waals surface area contributed by atoms with E-state index in [0.717, 1.165) is 5.69 Å². The molecule has 0 saturated carbocycles. The summed E-state index contributed by atoms with van der Waals surface area (Å²) in [4.78, 5) is 11.5. The van der Waals surface area contributed by atoms with Gasteiger partial charge in [0.05, 0.1) is 30.9 Å². The SMILES string of the molecule is C[C@@H](C(=O)NCc1ccnn1C)[C@@H](O)CO. The van der Waals surface area contributed by atoms with Crippen molar-refractivity contribution in [3.63, 3.8) is 0 Å². The lowest BCUT2D eigenvalue weighted by atomic mass is 10.1. The molecule has 0 aliphatic carbocycles. The molecule has 6 heteroatoms. The minimum Gasteiger partial charge on any atom is -0.394 e. The van der Waals surface area contributed by atoms with Crippen LogP contribution in [0.4, 0.5) is 0 Å². The van der Waals surface area contributed by atoms with Crippen LogP contribution in [0.2, 0.25) is 0 Å². The Kier molecular flexibility index (Phi) is 4.45. The largest absolute Gasteiger partial charge is 0.394 e. The Bertz CT molecular complexity index is 351. The van der Waals surface area contributed by atoms with Gasteiger partial charge in [0.25, 0.3) is 0 Å². The molecule has 0 aliphatic heterocycles. The fourth-order valence-corrected chi connectivity index (χ4v) is 1.25. The van der Waals surface area contributed by atoms with E-state index in [1.165, 1.54) is 0 Å². The van der Waals surface area contributed by atoms with Crippen LogP contribution in [0.5, 0.6) is 0 Å². The molecule has 1 heterocycles. The van der Waals surface area contributed by atoms with E-state index in [1.54, 1.807) is 30.9 Å². The second-order valence-electron chi connectivity index (χ2n) is 3.70. The van der Waals surface area contributed by atoms with Crippen LogP contribution in [0.3, 0.4) is 0 Å². The predicted octanol–water partition coefficient (Wildman–Crippen LogP) is -0.974. The van der Waals surface area contributed by atoms with E-state index in [1.807, 2.05) is 0 Å². The maximum Gasteiger partial charge on any atom is 0.225 e. The molecule has 90 valence electrons. The minimum atomic E-state index is -1.02. The molecule has 0 unspecified atom stereocenters. The normalized spacial score (nSPS) is 14.5. The third-order valence-corrected chi connectivity index (χ3v) is 2.54. The van der Waals surface area contributed by atoms with Gasteiger partial charge in [-0.05, 0) is 6.07 Å². The second-order valence-corrected chi connectivity index (χ2v) is 3.70. The van der Waals surface area contributed by atoms with Gasteiger partial charge in [0.15, 0.2) is 0 Å². The number of amides is 1. The number of aryl methyl sites for hydroxylation is 1. The maximum atomic E-state index is 11.5. The van der Waals surface area contributed by atoms with Crippen molar-refractivity contribution in [2.75, 3.05) is 6.61 Å². The molecule has 0 aromatic carbocycles. The number of hydrogen-bond acceptors (Lipinski definition) is 4. The Hall–Kier alpha value is -1.40. The van der Waals surface area contributed by atoms with Crippen LogP contribution in [-0.4, -0.2) is 38.6 Å². The molecule has 0 aliphatic rings. The van der Waals surface area contributed by atoms with E-state index in [-0.39, 0.29) is 5.91 Å². The molecule has 0 spiro atoms. The first-order valence-corrected chi connectivity index (χ1v) is 5.09. The van der Waals surface area contributed by atoms with Crippen LogP contribution >= 0.6 is 0 Å². The zero-order chi connectivity index (χ0) is 12.1. The van der Waals surface area contributed by atoms with Crippen LogP contribution in [0.25, 0.3) is 0 Å². The second kappa shape index (κ2) is 5.62. The third kappa shape index (κ3) is 3.04. The van der Waals surface area contributed by atoms with Crippen molar-refractivity contribution in [2.45, 2.75) is 19.6 Å². The number of rotatable bonds is 5. The first kappa shape index (κ1) is 12.7. The fraction of sp³-hybridized carbons (Fsp3) is 0.600. The number of nitrogens with zero attached hydrogens (tertiary/aromatic N) is 2. The van der Waals surface area contributed by atoms with Crippen molar-refractivity contribution < 1.29 is 15.0 Å². The van der Waals surface area contributed by atoms with Crippen molar-refractivity contribution in [3.8, 4) is 0 Å². The molecule has 1 rings (SSSR count). The van der Waals surface area contributed by atoms with Gasteiger partial charge in [0, 0.05) is 13.2 Å². The highest BCUT2D eigenvalue weighted by Crippen LogP contribution is 2.03. The summed E-state index contributed by atoms with van der Waals surface area (Å²) in [6.45, 7) is 1.51. The lowest BCUT2D eigenvalue weighted by Crippen LogP contribution is -2.37. The minimum absolute atomic E-state index is 0.289. The average Bonchev–Trinajstić information content (AvgIpc) is 2.69. The zero-order valence-corrected chi connectivity index (χ0v) is 9.42.